The zero-order valence-corrected chi connectivity index (χ0v) is 16.6. The molecular formula is C16H27BrN4O2S. The number of hydrogen-bond donors (Lipinski definition) is 1. The maximum Gasteiger partial charge on any atom is 0.235 e. The summed E-state index contributed by atoms with van der Waals surface area (Å²) in [5.74, 6) is 1.43. The fraction of sp³-hybridized carbons (Fsp3) is 0.688. The molecule has 2 fully saturated rings. The molecule has 6 nitrogen and oxygen atoms in total. The molecule has 0 aromatic carbocycles. The van der Waals surface area contributed by atoms with Crippen molar-refractivity contribution >= 4 is 37.5 Å². The quantitative estimate of drug-likeness (QED) is 0.768. The van der Waals surface area contributed by atoms with E-state index in [0.717, 1.165) is 55.6 Å². The van der Waals surface area contributed by atoms with Gasteiger partial charge in [-0.2, -0.15) is 0 Å². The van der Waals surface area contributed by atoms with Gasteiger partial charge in [0.15, 0.2) is 5.82 Å². The Bertz CT molecular complexity index is 689. The summed E-state index contributed by atoms with van der Waals surface area (Å²) in [7, 11) is 0.920. The highest BCUT2D eigenvalue weighted by Gasteiger charge is 2.36. The van der Waals surface area contributed by atoms with E-state index in [-0.39, 0.29) is 6.68 Å². The highest BCUT2D eigenvalue weighted by atomic mass is 79.9. The minimum absolute atomic E-state index is 0. The summed E-state index contributed by atoms with van der Waals surface area (Å²) in [6.45, 7) is 2.92. The number of sulfonamides is 1. The van der Waals surface area contributed by atoms with E-state index in [4.69, 9.17) is 0 Å². The van der Waals surface area contributed by atoms with Crippen LogP contribution in [0.4, 0.5) is 11.5 Å². The van der Waals surface area contributed by atoms with Crippen LogP contribution in [0.2, 0.25) is 0 Å². The highest BCUT2D eigenvalue weighted by Crippen LogP contribution is 2.34. The minimum atomic E-state index is -3.29. The number of pyridine rings is 1. The Labute approximate surface area is 154 Å². The summed E-state index contributed by atoms with van der Waals surface area (Å²) >= 11 is 3.40. The van der Waals surface area contributed by atoms with Gasteiger partial charge in [-0.05, 0) is 67.7 Å². The zero-order valence-electron chi connectivity index (χ0n) is 14.2. The van der Waals surface area contributed by atoms with Crippen LogP contribution in [-0.2, 0) is 10.0 Å². The van der Waals surface area contributed by atoms with Crippen molar-refractivity contribution in [2.45, 2.75) is 30.9 Å². The molecule has 2 heterocycles. The predicted octanol–water partition coefficient (Wildman–Crippen LogP) is 2.77. The molecule has 1 saturated carbocycles. The molecule has 0 unspecified atom stereocenters. The number of piperidine rings is 1. The monoisotopic (exact) mass is 418 g/mol. The number of nitrogens with zero attached hydrogens (tertiary/aromatic N) is 3. The van der Waals surface area contributed by atoms with E-state index in [9.17, 15) is 8.42 Å². The molecule has 24 heavy (non-hydrogen) atoms. The van der Waals surface area contributed by atoms with Crippen LogP contribution < -0.4 is 9.62 Å². The molecule has 1 saturated heterocycles. The van der Waals surface area contributed by atoms with Crippen LogP contribution in [0, 0.1) is 5.92 Å². The maximum atomic E-state index is 12.3. The molecule has 0 amide bonds. The SMILES string of the molecule is CN(C)CC1CCN(c2ncc(Br)cc2NS(=O)(=O)C2CC2)CC1.[HH]. The largest absolute Gasteiger partial charge is 0.355 e. The van der Waals surface area contributed by atoms with Crippen LogP contribution in [0.15, 0.2) is 16.7 Å². The molecule has 0 spiro atoms. The Kier molecular flexibility index (Phi) is 5.36. The van der Waals surface area contributed by atoms with Gasteiger partial charge in [-0.1, -0.05) is 0 Å². The zero-order chi connectivity index (χ0) is 17.3. The average Bonchev–Trinajstić information content (AvgIpc) is 3.33. The number of nitrogens with one attached hydrogen (secondary N) is 1. The van der Waals surface area contributed by atoms with Crippen molar-refractivity contribution in [1.82, 2.24) is 9.88 Å². The van der Waals surface area contributed by atoms with Crippen LogP contribution in [0.1, 0.15) is 27.1 Å². The second-order valence-electron chi connectivity index (χ2n) is 7.06. The summed E-state index contributed by atoms with van der Waals surface area (Å²) in [4.78, 5) is 8.92. The first-order valence-corrected chi connectivity index (χ1v) is 10.8. The van der Waals surface area contributed by atoms with E-state index in [1.165, 1.54) is 0 Å². The van der Waals surface area contributed by atoms with Gasteiger partial charge in [-0.15, -0.1) is 0 Å². The van der Waals surface area contributed by atoms with Gasteiger partial charge in [0, 0.05) is 31.7 Å². The lowest BCUT2D eigenvalue weighted by atomic mass is 9.96. The standard InChI is InChI=1S/C16H25BrN4O2S.H2/c1-20(2)11-12-5-7-21(8-6-12)16-15(9-13(17)10-18-16)19-24(22,23)14-3-4-14;/h9-10,12,14,19H,3-8,11H2,1-2H3;1H. The Balaban J connectivity index is 0.00000225. The van der Waals surface area contributed by atoms with Crippen molar-refractivity contribution in [1.29, 1.82) is 0 Å². The second kappa shape index (κ2) is 7.17. The Morgan fingerprint density at radius 2 is 2.00 bits per heavy atom. The van der Waals surface area contributed by atoms with E-state index in [0.29, 0.717) is 11.6 Å². The molecule has 1 aromatic rings. The summed E-state index contributed by atoms with van der Waals surface area (Å²) in [5, 5.41) is -0.241. The molecule has 136 valence electrons. The van der Waals surface area contributed by atoms with Crippen molar-refractivity contribution in [2.75, 3.05) is 43.4 Å². The molecule has 0 atom stereocenters. The molecule has 0 bridgehead atoms. The van der Waals surface area contributed by atoms with Crippen molar-refractivity contribution in [3.05, 3.63) is 16.7 Å². The van der Waals surface area contributed by atoms with Crippen molar-refractivity contribution in [2.24, 2.45) is 5.92 Å². The molecule has 1 N–H and O–H groups in total. The number of anilines is 2. The van der Waals surface area contributed by atoms with Gasteiger partial charge >= 0.3 is 0 Å². The smallest absolute Gasteiger partial charge is 0.235 e. The normalized spacial score (nSPS) is 19.8. The topological polar surface area (TPSA) is 65.5 Å². The van der Waals surface area contributed by atoms with E-state index in [2.05, 4.69) is 49.5 Å². The van der Waals surface area contributed by atoms with Gasteiger partial charge in [0.25, 0.3) is 0 Å². The molecule has 1 aliphatic carbocycles. The van der Waals surface area contributed by atoms with Gasteiger partial charge < -0.3 is 9.80 Å². The number of rotatable bonds is 6. The summed E-state index contributed by atoms with van der Waals surface area (Å²) in [5.41, 5.74) is 0.585. The Morgan fingerprint density at radius 1 is 1.33 bits per heavy atom. The summed E-state index contributed by atoms with van der Waals surface area (Å²) in [6, 6.07) is 1.81. The van der Waals surface area contributed by atoms with Gasteiger partial charge in [0.2, 0.25) is 10.0 Å². The van der Waals surface area contributed by atoms with Crippen molar-refractivity contribution in [3.63, 3.8) is 0 Å². The van der Waals surface area contributed by atoms with Crippen LogP contribution >= 0.6 is 15.9 Å². The molecule has 3 rings (SSSR count). The third kappa shape index (κ3) is 4.40. The summed E-state index contributed by atoms with van der Waals surface area (Å²) in [6.07, 6.45) is 5.44. The first-order valence-electron chi connectivity index (χ1n) is 8.42. The third-order valence-corrected chi connectivity index (χ3v) is 6.87. The maximum absolute atomic E-state index is 12.3. The van der Waals surface area contributed by atoms with E-state index in [1.807, 2.05) is 6.07 Å². The lowest BCUT2D eigenvalue weighted by Crippen LogP contribution is -2.38. The first-order chi connectivity index (χ1) is 11.3. The van der Waals surface area contributed by atoms with Crippen molar-refractivity contribution in [3.8, 4) is 0 Å². The van der Waals surface area contributed by atoms with E-state index in [1.54, 1.807) is 6.20 Å². The first kappa shape index (κ1) is 17.9. The average molecular weight is 419 g/mol. The van der Waals surface area contributed by atoms with Gasteiger partial charge in [0.05, 0.1) is 10.9 Å². The highest BCUT2D eigenvalue weighted by molar-refractivity contribution is 9.10. The molecular weight excluding hydrogens is 392 g/mol. The Morgan fingerprint density at radius 3 is 2.58 bits per heavy atom. The number of halogens is 1. The third-order valence-electron chi connectivity index (χ3n) is 4.59. The number of aromatic nitrogens is 1. The van der Waals surface area contributed by atoms with E-state index >= 15 is 0 Å². The lowest BCUT2D eigenvalue weighted by molar-refractivity contribution is 0.284. The lowest BCUT2D eigenvalue weighted by Gasteiger charge is -2.34. The fourth-order valence-corrected chi connectivity index (χ4v) is 4.93. The van der Waals surface area contributed by atoms with Crippen LogP contribution in [-0.4, -0.2) is 57.3 Å². The van der Waals surface area contributed by atoms with Gasteiger partial charge in [-0.3, -0.25) is 4.72 Å². The van der Waals surface area contributed by atoms with E-state index < -0.39 is 10.0 Å². The van der Waals surface area contributed by atoms with Gasteiger partial charge in [0.1, 0.15) is 0 Å². The molecule has 8 heteroatoms. The van der Waals surface area contributed by atoms with Crippen molar-refractivity contribution < 1.29 is 9.84 Å². The number of hydrogen-bond acceptors (Lipinski definition) is 5. The van der Waals surface area contributed by atoms with Crippen LogP contribution in [0.25, 0.3) is 0 Å². The summed E-state index contributed by atoms with van der Waals surface area (Å²) < 4.78 is 28.1. The molecule has 1 aliphatic heterocycles. The molecule has 0 radical (unpaired) electrons. The van der Waals surface area contributed by atoms with Crippen LogP contribution in [0.5, 0.6) is 0 Å². The molecule has 2 aliphatic rings. The van der Waals surface area contributed by atoms with Gasteiger partial charge in [-0.25, -0.2) is 13.4 Å². The second-order valence-corrected chi connectivity index (χ2v) is 9.94. The van der Waals surface area contributed by atoms with Crippen LogP contribution in [0.3, 0.4) is 0 Å². The fourth-order valence-electron chi connectivity index (χ4n) is 3.22. The minimum Gasteiger partial charge on any atom is -0.355 e. The predicted molar refractivity (Wildman–Crippen MR) is 103 cm³/mol. The Hall–Kier alpha value is -0.860. The molecule has 1 aromatic heterocycles.